The molecule has 192 valence electrons. The standard InChI is InChI=1S/C28H26ClN7O2/c29-22-9-3-1-7-20(22)19-35-27(38)21-8-2-4-10-23(21)36-25(31-32-28(35)36)12-13-26(37)34-17-15-33(16-18-34)24-11-5-6-14-30-24/h1-11,14H,12-13,15-19H2. The van der Waals surface area contributed by atoms with Gasteiger partial charge in [0.05, 0.1) is 17.4 Å². The first-order valence-electron chi connectivity index (χ1n) is 12.6. The van der Waals surface area contributed by atoms with Gasteiger partial charge in [-0.2, -0.15) is 0 Å². The van der Waals surface area contributed by atoms with E-state index >= 15 is 0 Å². The van der Waals surface area contributed by atoms with Crippen molar-refractivity contribution < 1.29 is 4.79 Å². The summed E-state index contributed by atoms with van der Waals surface area (Å²) in [6, 6.07) is 20.7. The van der Waals surface area contributed by atoms with Gasteiger partial charge in [-0.3, -0.25) is 18.6 Å². The van der Waals surface area contributed by atoms with Gasteiger partial charge in [0.25, 0.3) is 5.56 Å². The van der Waals surface area contributed by atoms with Crippen LogP contribution in [0.4, 0.5) is 5.82 Å². The largest absolute Gasteiger partial charge is 0.353 e. The fourth-order valence-electron chi connectivity index (χ4n) is 5.02. The zero-order chi connectivity index (χ0) is 26.1. The molecule has 1 saturated heterocycles. The molecule has 38 heavy (non-hydrogen) atoms. The number of halogens is 1. The molecule has 1 amide bonds. The summed E-state index contributed by atoms with van der Waals surface area (Å²) in [4.78, 5) is 35.0. The quantitative estimate of drug-likeness (QED) is 0.336. The smallest absolute Gasteiger partial charge is 0.263 e. The van der Waals surface area contributed by atoms with E-state index in [4.69, 9.17) is 11.6 Å². The van der Waals surface area contributed by atoms with Crippen molar-refractivity contribution in [1.82, 2.24) is 29.0 Å². The van der Waals surface area contributed by atoms with Gasteiger partial charge in [-0.15, -0.1) is 10.2 Å². The van der Waals surface area contributed by atoms with Crippen molar-refractivity contribution in [3.63, 3.8) is 0 Å². The number of benzene rings is 2. The minimum absolute atomic E-state index is 0.0797. The van der Waals surface area contributed by atoms with Crippen LogP contribution in [0, 0.1) is 0 Å². The molecular formula is C28H26ClN7O2. The molecule has 6 rings (SSSR count). The third-order valence-corrected chi connectivity index (χ3v) is 7.40. The third kappa shape index (κ3) is 4.50. The highest BCUT2D eigenvalue weighted by Crippen LogP contribution is 2.20. The monoisotopic (exact) mass is 527 g/mol. The molecule has 0 radical (unpaired) electrons. The van der Waals surface area contributed by atoms with Crippen LogP contribution in [0.25, 0.3) is 16.7 Å². The van der Waals surface area contributed by atoms with Crippen molar-refractivity contribution in [2.45, 2.75) is 19.4 Å². The Morgan fingerprint density at radius 2 is 1.66 bits per heavy atom. The number of fused-ring (bicyclic) bond motifs is 3. The molecule has 10 heteroatoms. The lowest BCUT2D eigenvalue weighted by Crippen LogP contribution is -2.49. The summed E-state index contributed by atoms with van der Waals surface area (Å²) in [6.07, 6.45) is 2.50. The number of aryl methyl sites for hydroxylation is 1. The van der Waals surface area contributed by atoms with E-state index in [9.17, 15) is 9.59 Å². The molecule has 0 unspecified atom stereocenters. The number of nitrogens with zero attached hydrogens (tertiary/aromatic N) is 7. The van der Waals surface area contributed by atoms with E-state index in [1.165, 1.54) is 0 Å². The number of anilines is 1. The normalized spacial score (nSPS) is 13.9. The second-order valence-corrected chi connectivity index (χ2v) is 9.71. The van der Waals surface area contributed by atoms with E-state index in [0.717, 1.165) is 30.0 Å². The van der Waals surface area contributed by atoms with Gasteiger partial charge in [0, 0.05) is 50.2 Å². The molecule has 0 bridgehead atoms. The summed E-state index contributed by atoms with van der Waals surface area (Å²) in [5.41, 5.74) is 1.38. The first-order valence-corrected chi connectivity index (χ1v) is 13.0. The lowest BCUT2D eigenvalue weighted by atomic mass is 10.2. The summed E-state index contributed by atoms with van der Waals surface area (Å²) in [6.45, 7) is 3.06. The molecule has 2 aromatic carbocycles. The van der Waals surface area contributed by atoms with Gasteiger partial charge in [-0.05, 0) is 35.9 Å². The van der Waals surface area contributed by atoms with Crippen molar-refractivity contribution in [1.29, 1.82) is 0 Å². The number of rotatable bonds is 6. The molecule has 3 aromatic heterocycles. The van der Waals surface area contributed by atoms with Gasteiger partial charge in [-0.1, -0.05) is 48.0 Å². The third-order valence-electron chi connectivity index (χ3n) is 7.03. The number of hydrogen-bond donors (Lipinski definition) is 0. The van der Waals surface area contributed by atoms with Crippen LogP contribution in [-0.4, -0.2) is 61.1 Å². The fourth-order valence-corrected chi connectivity index (χ4v) is 5.21. The van der Waals surface area contributed by atoms with E-state index in [1.54, 1.807) is 22.9 Å². The molecule has 5 aromatic rings. The zero-order valence-corrected chi connectivity index (χ0v) is 21.5. The zero-order valence-electron chi connectivity index (χ0n) is 20.7. The van der Waals surface area contributed by atoms with E-state index < -0.39 is 0 Å². The van der Waals surface area contributed by atoms with Crippen LogP contribution in [0.15, 0.2) is 77.7 Å². The maximum Gasteiger partial charge on any atom is 0.263 e. The van der Waals surface area contributed by atoms with E-state index in [1.807, 2.05) is 63.9 Å². The molecule has 1 aliphatic heterocycles. The Morgan fingerprint density at radius 3 is 2.45 bits per heavy atom. The van der Waals surface area contributed by atoms with Crippen LogP contribution in [0.2, 0.25) is 5.02 Å². The number of carbonyl (C=O) groups excluding carboxylic acids is 1. The second-order valence-electron chi connectivity index (χ2n) is 9.31. The van der Waals surface area contributed by atoms with Crippen LogP contribution in [0.1, 0.15) is 17.8 Å². The Bertz CT molecular complexity index is 1670. The van der Waals surface area contributed by atoms with Gasteiger partial charge >= 0.3 is 0 Å². The molecular weight excluding hydrogens is 502 g/mol. The second kappa shape index (κ2) is 10.3. The Labute approximate surface area is 223 Å². The number of amides is 1. The average molecular weight is 528 g/mol. The number of piperazine rings is 1. The topological polar surface area (TPSA) is 88.6 Å². The van der Waals surface area contributed by atoms with Crippen LogP contribution < -0.4 is 10.5 Å². The molecule has 0 aliphatic carbocycles. The Balaban J connectivity index is 1.25. The minimum atomic E-state index is -0.158. The summed E-state index contributed by atoms with van der Waals surface area (Å²) in [7, 11) is 0. The number of pyridine rings is 1. The summed E-state index contributed by atoms with van der Waals surface area (Å²) in [5, 5.41) is 9.94. The molecule has 9 nitrogen and oxygen atoms in total. The van der Waals surface area contributed by atoms with Gasteiger partial charge in [0.15, 0.2) is 0 Å². The fraction of sp³-hybridized carbons (Fsp3) is 0.250. The van der Waals surface area contributed by atoms with E-state index in [0.29, 0.717) is 47.9 Å². The van der Waals surface area contributed by atoms with Crippen molar-refractivity contribution >= 4 is 40.0 Å². The average Bonchev–Trinajstić information content (AvgIpc) is 3.39. The molecule has 0 saturated carbocycles. The van der Waals surface area contributed by atoms with Crippen LogP contribution in [-0.2, 0) is 17.8 Å². The highest BCUT2D eigenvalue weighted by molar-refractivity contribution is 6.31. The van der Waals surface area contributed by atoms with Crippen molar-refractivity contribution in [3.05, 3.63) is 99.7 Å². The molecule has 1 aliphatic rings. The van der Waals surface area contributed by atoms with E-state index in [-0.39, 0.29) is 18.0 Å². The molecule has 0 atom stereocenters. The predicted molar refractivity (Wildman–Crippen MR) is 147 cm³/mol. The van der Waals surface area contributed by atoms with Crippen LogP contribution in [0.3, 0.4) is 0 Å². The Morgan fingerprint density at radius 1 is 0.895 bits per heavy atom. The lowest BCUT2D eigenvalue weighted by Gasteiger charge is -2.35. The van der Waals surface area contributed by atoms with Gasteiger partial charge in [0.1, 0.15) is 11.6 Å². The molecule has 1 fully saturated rings. The van der Waals surface area contributed by atoms with Crippen molar-refractivity contribution in [3.8, 4) is 0 Å². The lowest BCUT2D eigenvalue weighted by molar-refractivity contribution is -0.131. The maximum absolute atomic E-state index is 13.4. The SMILES string of the molecule is O=C(CCc1nnc2n(Cc3ccccc3Cl)c(=O)c3ccccc3n12)N1CCN(c2ccccn2)CC1. The minimum Gasteiger partial charge on any atom is -0.353 e. The Kier molecular flexibility index (Phi) is 6.51. The summed E-state index contributed by atoms with van der Waals surface area (Å²) < 4.78 is 3.48. The highest BCUT2D eigenvalue weighted by atomic mass is 35.5. The summed E-state index contributed by atoms with van der Waals surface area (Å²) >= 11 is 6.40. The molecule has 4 heterocycles. The van der Waals surface area contributed by atoms with Gasteiger partial charge < -0.3 is 9.80 Å². The van der Waals surface area contributed by atoms with Gasteiger partial charge in [0.2, 0.25) is 11.7 Å². The highest BCUT2D eigenvalue weighted by Gasteiger charge is 2.23. The van der Waals surface area contributed by atoms with Gasteiger partial charge in [-0.25, -0.2) is 4.98 Å². The Hall–Kier alpha value is -4.24. The summed E-state index contributed by atoms with van der Waals surface area (Å²) in [5.74, 6) is 2.09. The van der Waals surface area contributed by atoms with Crippen LogP contribution in [0.5, 0.6) is 0 Å². The van der Waals surface area contributed by atoms with Crippen molar-refractivity contribution in [2.24, 2.45) is 0 Å². The van der Waals surface area contributed by atoms with Crippen molar-refractivity contribution in [2.75, 3.05) is 31.1 Å². The predicted octanol–water partition coefficient (Wildman–Crippen LogP) is 3.42. The number of carbonyl (C=O) groups is 1. The number of hydrogen-bond acceptors (Lipinski definition) is 6. The first-order chi connectivity index (χ1) is 18.6. The number of aromatic nitrogens is 5. The number of para-hydroxylation sites is 1. The molecule has 0 N–H and O–H groups in total. The maximum atomic E-state index is 13.4. The van der Waals surface area contributed by atoms with Crippen LogP contribution >= 0.6 is 11.6 Å². The first kappa shape index (κ1) is 24.1. The molecule has 0 spiro atoms. The van der Waals surface area contributed by atoms with E-state index in [2.05, 4.69) is 20.1 Å².